The first kappa shape index (κ1) is 20.4. The second-order valence-electron chi connectivity index (χ2n) is 6.78. The third-order valence-electron chi connectivity index (χ3n) is 4.57. The van der Waals surface area contributed by atoms with E-state index in [-0.39, 0.29) is 18.9 Å². The van der Waals surface area contributed by atoms with Gasteiger partial charge in [0.15, 0.2) is 6.10 Å². The van der Waals surface area contributed by atoms with Crippen LogP contribution in [0.15, 0.2) is 47.1 Å². The van der Waals surface area contributed by atoms with Crippen LogP contribution < -0.4 is 10.1 Å². The first-order chi connectivity index (χ1) is 14.0. The molecule has 1 fully saturated rings. The van der Waals surface area contributed by atoms with Gasteiger partial charge < -0.3 is 24.1 Å². The lowest BCUT2D eigenvalue weighted by molar-refractivity contribution is -0.157. The van der Waals surface area contributed by atoms with Crippen LogP contribution in [0.3, 0.4) is 0 Å². The molecule has 2 heterocycles. The number of carbonyl (C=O) groups excluding carboxylic acids is 3. The molecule has 1 aliphatic rings. The van der Waals surface area contributed by atoms with E-state index in [1.165, 1.54) is 13.2 Å². The summed E-state index contributed by atoms with van der Waals surface area (Å²) < 4.78 is 15.9. The van der Waals surface area contributed by atoms with Gasteiger partial charge in [0.2, 0.25) is 5.91 Å². The monoisotopic (exact) mass is 400 g/mol. The van der Waals surface area contributed by atoms with Crippen molar-refractivity contribution in [2.24, 2.45) is 5.92 Å². The molecule has 3 rings (SSSR count). The van der Waals surface area contributed by atoms with E-state index in [1.54, 1.807) is 41.3 Å². The zero-order chi connectivity index (χ0) is 20.8. The van der Waals surface area contributed by atoms with Gasteiger partial charge >= 0.3 is 5.97 Å². The highest BCUT2D eigenvalue weighted by Gasteiger charge is 2.36. The van der Waals surface area contributed by atoms with Crippen LogP contribution in [0.25, 0.3) is 0 Å². The van der Waals surface area contributed by atoms with E-state index >= 15 is 0 Å². The van der Waals surface area contributed by atoms with Crippen molar-refractivity contribution in [2.75, 3.05) is 18.5 Å². The maximum absolute atomic E-state index is 12.4. The molecule has 0 saturated carbocycles. The molecule has 1 saturated heterocycles. The number of hydrogen-bond donors (Lipinski definition) is 1. The van der Waals surface area contributed by atoms with Gasteiger partial charge in [0.25, 0.3) is 5.91 Å². The average molecular weight is 400 g/mol. The third kappa shape index (κ3) is 5.37. The molecular weight excluding hydrogens is 376 g/mol. The molecule has 1 aromatic heterocycles. The number of hydrogen-bond acceptors (Lipinski definition) is 6. The van der Waals surface area contributed by atoms with Gasteiger partial charge in [-0.25, -0.2) is 0 Å². The molecule has 154 valence electrons. The number of nitrogens with one attached hydrogen (secondary N) is 1. The predicted molar refractivity (Wildman–Crippen MR) is 104 cm³/mol. The summed E-state index contributed by atoms with van der Waals surface area (Å²) in [7, 11) is 0. The second-order valence-corrected chi connectivity index (χ2v) is 6.78. The number of carbonyl (C=O) groups is 3. The predicted octanol–water partition coefficient (Wildman–Crippen LogP) is 2.60. The van der Waals surface area contributed by atoms with Gasteiger partial charge in [0, 0.05) is 18.7 Å². The van der Waals surface area contributed by atoms with Crippen molar-refractivity contribution in [3.8, 4) is 5.75 Å². The third-order valence-corrected chi connectivity index (χ3v) is 4.57. The molecule has 0 bridgehead atoms. The summed E-state index contributed by atoms with van der Waals surface area (Å²) in [5.74, 6) is -0.396. The lowest BCUT2D eigenvalue weighted by Gasteiger charge is -2.17. The summed E-state index contributed by atoms with van der Waals surface area (Å²) in [6.07, 6.45) is 0.613. The van der Waals surface area contributed by atoms with Gasteiger partial charge in [-0.2, -0.15) is 0 Å². The molecular formula is C21H24N2O6. The van der Waals surface area contributed by atoms with Gasteiger partial charge in [-0.3, -0.25) is 14.4 Å². The molecule has 0 radical (unpaired) electrons. The Morgan fingerprint density at radius 1 is 1.28 bits per heavy atom. The topological polar surface area (TPSA) is 98.1 Å². The quantitative estimate of drug-likeness (QED) is 0.684. The zero-order valence-electron chi connectivity index (χ0n) is 16.4. The van der Waals surface area contributed by atoms with E-state index in [0.717, 1.165) is 0 Å². The fraction of sp³-hybridized carbons (Fsp3) is 0.381. The molecule has 0 aliphatic carbocycles. The molecule has 2 aromatic rings. The van der Waals surface area contributed by atoms with Crippen LogP contribution in [-0.2, 0) is 25.7 Å². The van der Waals surface area contributed by atoms with Crippen LogP contribution in [0, 0.1) is 5.92 Å². The van der Waals surface area contributed by atoms with Crippen LogP contribution in [0.1, 0.15) is 26.0 Å². The lowest BCUT2D eigenvalue weighted by Crippen LogP contribution is -2.33. The Morgan fingerprint density at radius 3 is 2.69 bits per heavy atom. The Hall–Kier alpha value is -3.29. The Bertz CT molecular complexity index is 847. The van der Waals surface area contributed by atoms with Gasteiger partial charge in [-0.05, 0) is 50.2 Å². The van der Waals surface area contributed by atoms with E-state index in [1.807, 2.05) is 6.92 Å². The standard InChI is InChI=1S/C21H24N2O6/c1-3-27-17-8-6-16(7-9-17)22-20(25)14(2)29-21(26)15-11-19(24)23(12-15)13-18-5-4-10-28-18/h4-10,14-15H,3,11-13H2,1-2H3,(H,22,25)/t14-,15-/m1/s1. The molecule has 2 amide bonds. The number of rotatable bonds is 8. The largest absolute Gasteiger partial charge is 0.494 e. The summed E-state index contributed by atoms with van der Waals surface area (Å²) in [5.41, 5.74) is 0.571. The second kappa shape index (κ2) is 9.27. The minimum Gasteiger partial charge on any atom is -0.494 e. The number of benzene rings is 1. The lowest BCUT2D eigenvalue weighted by atomic mass is 10.1. The molecule has 1 aromatic carbocycles. The van der Waals surface area contributed by atoms with E-state index in [4.69, 9.17) is 13.9 Å². The molecule has 8 heteroatoms. The van der Waals surface area contributed by atoms with Crippen LogP contribution in [0.5, 0.6) is 5.75 Å². The van der Waals surface area contributed by atoms with E-state index in [0.29, 0.717) is 30.3 Å². The van der Waals surface area contributed by atoms with E-state index < -0.39 is 23.9 Å². The van der Waals surface area contributed by atoms with Crippen molar-refractivity contribution in [3.63, 3.8) is 0 Å². The van der Waals surface area contributed by atoms with Crippen LogP contribution in [0.4, 0.5) is 5.69 Å². The highest BCUT2D eigenvalue weighted by molar-refractivity contribution is 5.95. The van der Waals surface area contributed by atoms with Crippen molar-refractivity contribution in [2.45, 2.75) is 32.9 Å². The SMILES string of the molecule is CCOc1ccc(NC(=O)[C@@H](C)OC(=O)[C@@H]2CC(=O)N(Cc3ccco3)C2)cc1. The smallest absolute Gasteiger partial charge is 0.312 e. The summed E-state index contributed by atoms with van der Waals surface area (Å²) in [5, 5.41) is 2.69. The molecule has 8 nitrogen and oxygen atoms in total. The Morgan fingerprint density at radius 2 is 2.03 bits per heavy atom. The van der Waals surface area contributed by atoms with Crippen LogP contribution in [0.2, 0.25) is 0 Å². The highest BCUT2D eigenvalue weighted by Crippen LogP contribution is 2.22. The van der Waals surface area contributed by atoms with Gasteiger partial charge in [0.1, 0.15) is 11.5 Å². The van der Waals surface area contributed by atoms with Crippen molar-refractivity contribution in [1.29, 1.82) is 0 Å². The zero-order valence-corrected chi connectivity index (χ0v) is 16.4. The number of ether oxygens (including phenoxy) is 2. The first-order valence-corrected chi connectivity index (χ1v) is 9.50. The highest BCUT2D eigenvalue weighted by atomic mass is 16.5. The fourth-order valence-electron chi connectivity index (χ4n) is 3.04. The summed E-state index contributed by atoms with van der Waals surface area (Å²) in [6.45, 7) is 4.50. The average Bonchev–Trinajstić information content (AvgIpc) is 3.34. The minimum atomic E-state index is -0.983. The maximum atomic E-state index is 12.4. The molecule has 1 N–H and O–H groups in total. The molecule has 29 heavy (non-hydrogen) atoms. The molecule has 0 unspecified atom stereocenters. The fourth-order valence-corrected chi connectivity index (χ4v) is 3.04. The van der Waals surface area contributed by atoms with Crippen LogP contribution in [-0.4, -0.2) is 41.9 Å². The van der Waals surface area contributed by atoms with Crippen molar-refractivity contribution >= 4 is 23.5 Å². The van der Waals surface area contributed by atoms with Gasteiger partial charge in [-0.1, -0.05) is 0 Å². The summed E-state index contributed by atoms with van der Waals surface area (Å²) in [6, 6.07) is 10.4. The van der Waals surface area contributed by atoms with Crippen molar-refractivity contribution < 1.29 is 28.3 Å². The van der Waals surface area contributed by atoms with E-state index in [9.17, 15) is 14.4 Å². The number of esters is 1. The number of furan rings is 1. The minimum absolute atomic E-state index is 0.0623. The Balaban J connectivity index is 1.49. The Kier molecular flexibility index (Phi) is 6.54. The number of likely N-dealkylation sites (tertiary alicyclic amines) is 1. The number of anilines is 1. The van der Waals surface area contributed by atoms with Gasteiger partial charge in [-0.15, -0.1) is 0 Å². The number of amides is 2. The van der Waals surface area contributed by atoms with Crippen LogP contribution >= 0.6 is 0 Å². The first-order valence-electron chi connectivity index (χ1n) is 9.50. The normalized spacial score (nSPS) is 17.1. The summed E-state index contributed by atoms with van der Waals surface area (Å²) >= 11 is 0. The van der Waals surface area contributed by atoms with Crippen molar-refractivity contribution in [1.82, 2.24) is 4.90 Å². The Labute approximate surface area is 168 Å². The molecule has 0 spiro atoms. The molecule has 1 aliphatic heterocycles. The van der Waals surface area contributed by atoms with Crippen molar-refractivity contribution in [3.05, 3.63) is 48.4 Å². The molecule has 2 atom stereocenters. The maximum Gasteiger partial charge on any atom is 0.312 e. The number of nitrogens with zero attached hydrogens (tertiary/aromatic N) is 1. The summed E-state index contributed by atoms with van der Waals surface area (Å²) in [4.78, 5) is 38.4. The van der Waals surface area contributed by atoms with Gasteiger partial charge in [0.05, 0.1) is 25.3 Å². The van der Waals surface area contributed by atoms with E-state index in [2.05, 4.69) is 5.32 Å².